The van der Waals surface area contributed by atoms with Crippen molar-refractivity contribution in [3.05, 3.63) is 35.4 Å². The Morgan fingerprint density at radius 2 is 1.78 bits per heavy atom. The zero-order chi connectivity index (χ0) is 17.0. The molecule has 1 N–H and O–H groups in total. The molecule has 1 heterocycles. The summed E-state index contributed by atoms with van der Waals surface area (Å²) < 4.78 is 5.44. The van der Waals surface area contributed by atoms with Crippen LogP contribution in [0.2, 0.25) is 0 Å². The number of nitrogens with one attached hydrogen (secondary N) is 1. The van der Waals surface area contributed by atoms with Crippen molar-refractivity contribution in [2.24, 2.45) is 0 Å². The van der Waals surface area contributed by atoms with Gasteiger partial charge in [0.1, 0.15) is 5.60 Å². The number of amides is 1. The molecule has 4 nitrogen and oxygen atoms in total. The predicted octanol–water partition coefficient (Wildman–Crippen LogP) is 4.05. The molecule has 1 aromatic carbocycles. The van der Waals surface area contributed by atoms with E-state index in [9.17, 15) is 4.79 Å². The smallest absolute Gasteiger partial charge is 0.410 e. The van der Waals surface area contributed by atoms with Crippen molar-refractivity contribution in [3.63, 3.8) is 0 Å². The summed E-state index contributed by atoms with van der Waals surface area (Å²) in [6.07, 6.45) is 1.74. The molecule has 1 amide bonds. The van der Waals surface area contributed by atoms with Gasteiger partial charge in [-0.25, -0.2) is 4.79 Å². The third-order valence-electron chi connectivity index (χ3n) is 4.21. The topological polar surface area (TPSA) is 41.6 Å². The highest BCUT2D eigenvalue weighted by molar-refractivity contribution is 5.68. The van der Waals surface area contributed by atoms with E-state index in [1.54, 1.807) is 0 Å². The maximum atomic E-state index is 12.1. The van der Waals surface area contributed by atoms with Gasteiger partial charge in [-0.2, -0.15) is 0 Å². The lowest BCUT2D eigenvalue weighted by atomic mass is 10.0. The van der Waals surface area contributed by atoms with Gasteiger partial charge < -0.3 is 15.0 Å². The summed E-state index contributed by atoms with van der Waals surface area (Å²) in [6.45, 7) is 11.5. The molecule has 0 radical (unpaired) electrons. The average molecular weight is 318 g/mol. The van der Waals surface area contributed by atoms with Crippen LogP contribution in [0.5, 0.6) is 0 Å². The molecule has 0 saturated carbocycles. The van der Waals surface area contributed by atoms with Crippen molar-refractivity contribution in [1.29, 1.82) is 0 Å². The molecule has 128 valence electrons. The number of benzene rings is 1. The largest absolute Gasteiger partial charge is 0.444 e. The van der Waals surface area contributed by atoms with E-state index < -0.39 is 5.60 Å². The number of hydrogen-bond donors (Lipinski definition) is 1. The fourth-order valence-corrected chi connectivity index (χ4v) is 2.86. The van der Waals surface area contributed by atoms with E-state index in [0.717, 1.165) is 25.9 Å². The molecule has 0 spiro atoms. The molecule has 0 unspecified atom stereocenters. The van der Waals surface area contributed by atoms with Crippen LogP contribution in [0.15, 0.2) is 24.3 Å². The minimum absolute atomic E-state index is 0.192. The molecule has 0 aliphatic carbocycles. The van der Waals surface area contributed by atoms with Crippen LogP contribution in [-0.4, -0.2) is 35.7 Å². The molecule has 0 bridgehead atoms. The maximum Gasteiger partial charge on any atom is 0.410 e. The first-order chi connectivity index (χ1) is 10.7. The fourth-order valence-electron chi connectivity index (χ4n) is 2.86. The summed E-state index contributed by atoms with van der Waals surface area (Å²) in [5.41, 5.74) is 2.17. The normalized spacial score (nSPS) is 17.9. The number of aryl methyl sites for hydroxylation is 1. The number of piperidine rings is 1. The van der Waals surface area contributed by atoms with E-state index in [4.69, 9.17) is 4.74 Å². The van der Waals surface area contributed by atoms with Gasteiger partial charge in [-0.05, 0) is 53.0 Å². The van der Waals surface area contributed by atoms with Gasteiger partial charge in [-0.15, -0.1) is 0 Å². The standard InChI is InChI=1S/C19H30N2O2/c1-14-6-8-16(9-7-14)15(2)20-17-10-12-21(13-11-17)18(22)23-19(3,4)5/h6-9,15,17,20H,10-13H2,1-5H3/t15-/m0/s1. The number of nitrogens with zero attached hydrogens (tertiary/aromatic N) is 1. The van der Waals surface area contributed by atoms with Crippen LogP contribution < -0.4 is 5.32 Å². The van der Waals surface area contributed by atoms with Crippen LogP contribution in [-0.2, 0) is 4.74 Å². The molecule has 1 aliphatic heterocycles. The van der Waals surface area contributed by atoms with Crippen LogP contribution >= 0.6 is 0 Å². The molecule has 4 heteroatoms. The van der Waals surface area contributed by atoms with Gasteiger partial charge in [-0.1, -0.05) is 29.8 Å². The summed E-state index contributed by atoms with van der Waals surface area (Å²) in [5, 5.41) is 3.68. The highest BCUT2D eigenvalue weighted by Crippen LogP contribution is 2.19. The first-order valence-electron chi connectivity index (χ1n) is 8.55. The Morgan fingerprint density at radius 1 is 1.22 bits per heavy atom. The van der Waals surface area contributed by atoms with E-state index in [1.807, 2.05) is 25.7 Å². The maximum absolute atomic E-state index is 12.1. The minimum atomic E-state index is -0.424. The lowest BCUT2D eigenvalue weighted by molar-refractivity contribution is 0.0196. The third-order valence-corrected chi connectivity index (χ3v) is 4.21. The molecule has 1 aliphatic rings. The Bertz CT molecular complexity index is 511. The summed E-state index contributed by atoms with van der Waals surface area (Å²) in [6, 6.07) is 9.45. The minimum Gasteiger partial charge on any atom is -0.444 e. The van der Waals surface area contributed by atoms with Crippen molar-refractivity contribution < 1.29 is 9.53 Å². The lowest BCUT2D eigenvalue weighted by Gasteiger charge is -2.35. The molecular weight excluding hydrogens is 288 g/mol. The van der Waals surface area contributed by atoms with E-state index in [1.165, 1.54) is 11.1 Å². The third kappa shape index (κ3) is 5.54. The Balaban J connectivity index is 1.80. The molecule has 1 fully saturated rings. The highest BCUT2D eigenvalue weighted by Gasteiger charge is 2.27. The number of rotatable bonds is 3. The van der Waals surface area contributed by atoms with Crippen LogP contribution in [0.1, 0.15) is 57.7 Å². The van der Waals surface area contributed by atoms with Gasteiger partial charge in [0.2, 0.25) is 0 Å². The van der Waals surface area contributed by atoms with Crippen LogP contribution in [0, 0.1) is 6.92 Å². The molecular formula is C19H30N2O2. The van der Waals surface area contributed by atoms with Crippen LogP contribution in [0.25, 0.3) is 0 Å². The Morgan fingerprint density at radius 3 is 2.30 bits per heavy atom. The second-order valence-corrected chi connectivity index (χ2v) is 7.54. The van der Waals surface area contributed by atoms with Crippen LogP contribution in [0.4, 0.5) is 4.79 Å². The Labute approximate surface area is 140 Å². The van der Waals surface area contributed by atoms with E-state index >= 15 is 0 Å². The predicted molar refractivity (Wildman–Crippen MR) is 93.6 cm³/mol. The van der Waals surface area contributed by atoms with E-state index in [2.05, 4.69) is 43.4 Å². The van der Waals surface area contributed by atoms with Gasteiger partial charge in [0, 0.05) is 25.2 Å². The molecule has 1 saturated heterocycles. The van der Waals surface area contributed by atoms with E-state index in [-0.39, 0.29) is 6.09 Å². The van der Waals surface area contributed by atoms with E-state index in [0.29, 0.717) is 12.1 Å². The van der Waals surface area contributed by atoms with Crippen molar-refractivity contribution >= 4 is 6.09 Å². The summed E-state index contributed by atoms with van der Waals surface area (Å²) in [5.74, 6) is 0. The first kappa shape index (κ1) is 17.8. The molecule has 1 aromatic rings. The second kappa shape index (κ2) is 7.35. The van der Waals surface area contributed by atoms with Crippen molar-refractivity contribution in [2.75, 3.05) is 13.1 Å². The summed E-state index contributed by atoms with van der Waals surface area (Å²) in [7, 11) is 0. The number of ether oxygens (including phenoxy) is 1. The first-order valence-corrected chi connectivity index (χ1v) is 8.55. The average Bonchev–Trinajstić information content (AvgIpc) is 2.46. The quantitative estimate of drug-likeness (QED) is 0.914. The van der Waals surface area contributed by atoms with Gasteiger partial charge in [0.05, 0.1) is 0 Å². The molecule has 1 atom stereocenters. The molecule has 23 heavy (non-hydrogen) atoms. The zero-order valence-corrected chi connectivity index (χ0v) is 15.1. The zero-order valence-electron chi connectivity index (χ0n) is 15.1. The lowest BCUT2D eigenvalue weighted by Crippen LogP contribution is -2.46. The Hall–Kier alpha value is -1.55. The number of likely N-dealkylation sites (tertiary alicyclic amines) is 1. The highest BCUT2D eigenvalue weighted by atomic mass is 16.6. The number of carbonyl (C=O) groups excluding carboxylic acids is 1. The van der Waals surface area contributed by atoms with Gasteiger partial charge >= 0.3 is 6.09 Å². The van der Waals surface area contributed by atoms with Crippen molar-refractivity contribution in [1.82, 2.24) is 10.2 Å². The van der Waals surface area contributed by atoms with Gasteiger partial charge in [-0.3, -0.25) is 0 Å². The molecule has 2 rings (SSSR count). The number of carbonyl (C=O) groups is 1. The van der Waals surface area contributed by atoms with Gasteiger partial charge in [0.25, 0.3) is 0 Å². The number of hydrogen-bond acceptors (Lipinski definition) is 3. The molecule has 0 aromatic heterocycles. The second-order valence-electron chi connectivity index (χ2n) is 7.54. The SMILES string of the molecule is Cc1ccc([C@H](C)NC2CCN(C(=O)OC(C)(C)C)CC2)cc1. The summed E-state index contributed by atoms with van der Waals surface area (Å²) in [4.78, 5) is 13.9. The fraction of sp³-hybridized carbons (Fsp3) is 0.632. The monoisotopic (exact) mass is 318 g/mol. The van der Waals surface area contributed by atoms with Gasteiger partial charge in [0.15, 0.2) is 0 Å². The van der Waals surface area contributed by atoms with Crippen molar-refractivity contribution in [2.45, 2.75) is 65.1 Å². The van der Waals surface area contributed by atoms with Crippen molar-refractivity contribution in [3.8, 4) is 0 Å². The van der Waals surface area contributed by atoms with Crippen LogP contribution in [0.3, 0.4) is 0 Å². The summed E-state index contributed by atoms with van der Waals surface area (Å²) >= 11 is 0. The Kier molecular flexibility index (Phi) is 5.69.